The molecule has 3 heterocycles. The molecule has 3 aliphatic rings. The first-order chi connectivity index (χ1) is 17.5. The summed E-state index contributed by atoms with van der Waals surface area (Å²) in [6.45, 7) is 9.37. The third-order valence-corrected chi connectivity index (χ3v) is 8.43. The van der Waals surface area contributed by atoms with E-state index >= 15 is 0 Å². The largest absolute Gasteiger partial charge is 0.393 e. The molecule has 0 radical (unpaired) electrons. The third kappa shape index (κ3) is 4.57. The molecule has 6 rings (SSSR count). The molecule has 2 saturated carbocycles. The minimum atomic E-state index is -0.273. The van der Waals surface area contributed by atoms with Crippen LogP contribution in [0.4, 0.5) is 11.6 Å². The van der Waals surface area contributed by atoms with Crippen molar-refractivity contribution in [3.63, 3.8) is 0 Å². The molecule has 0 amide bonds. The molecule has 0 spiro atoms. The highest BCUT2D eigenvalue weighted by Gasteiger charge is 2.27. The summed E-state index contributed by atoms with van der Waals surface area (Å²) in [6.07, 6.45) is 7.13. The fourth-order valence-electron chi connectivity index (χ4n) is 5.91. The molecule has 1 saturated heterocycles. The second kappa shape index (κ2) is 9.63. The van der Waals surface area contributed by atoms with Gasteiger partial charge in [0, 0.05) is 62.1 Å². The number of benzene rings is 1. The lowest BCUT2D eigenvalue weighted by Gasteiger charge is -2.38. The molecule has 1 aliphatic heterocycles. The van der Waals surface area contributed by atoms with Crippen LogP contribution in [0.5, 0.6) is 0 Å². The first-order valence-electron chi connectivity index (χ1n) is 13.7. The van der Waals surface area contributed by atoms with E-state index in [0.29, 0.717) is 36.4 Å². The van der Waals surface area contributed by atoms with Gasteiger partial charge in [0.15, 0.2) is 0 Å². The molecular weight excluding hydrogens is 452 g/mol. The molecule has 2 N–H and O–H groups in total. The van der Waals surface area contributed by atoms with Crippen molar-refractivity contribution < 1.29 is 5.11 Å². The number of nitrogens with zero attached hydrogens (tertiary/aromatic N) is 5. The van der Waals surface area contributed by atoms with Crippen LogP contribution < -0.4 is 15.8 Å². The van der Waals surface area contributed by atoms with E-state index in [0.717, 1.165) is 67.4 Å². The van der Waals surface area contributed by atoms with E-state index in [9.17, 15) is 9.90 Å². The van der Waals surface area contributed by atoms with Gasteiger partial charge in [-0.25, -0.2) is 4.98 Å². The lowest BCUT2D eigenvalue weighted by molar-refractivity contribution is 0.111. The van der Waals surface area contributed by atoms with Crippen molar-refractivity contribution >= 4 is 33.4 Å². The fourth-order valence-corrected chi connectivity index (χ4v) is 5.91. The number of rotatable bonds is 6. The van der Waals surface area contributed by atoms with E-state index in [4.69, 9.17) is 4.98 Å². The number of hydrogen-bond acceptors (Lipinski definition) is 7. The van der Waals surface area contributed by atoms with E-state index in [1.54, 1.807) is 0 Å². The third-order valence-electron chi connectivity index (χ3n) is 8.43. The summed E-state index contributed by atoms with van der Waals surface area (Å²) in [7, 11) is 0. The van der Waals surface area contributed by atoms with Crippen molar-refractivity contribution in [2.24, 2.45) is 5.92 Å². The van der Waals surface area contributed by atoms with Gasteiger partial charge in [0.05, 0.1) is 11.5 Å². The SMILES string of the molecule is CC(C)N1CCN(c2ccc3c(c2)c(=O)n([C@H]2CC[C@H](O)CC2)c2nc(NCC4CC4)ncc32)CC1. The highest BCUT2D eigenvalue weighted by molar-refractivity contribution is 6.05. The van der Waals surface area contributed by atoms with Gasteiger partial charge in [-0.15, -0.1) is 0 Å². The van der Waals surface area contributed by atoms with Crippen molar-refractivity contribution in [3.8, 4) is 0 Å². The van der Waals surface area contributed by atoms with E-state index in [1.807, 2.05) is 10.8 Å². The Morgan fingerprint density at radius 2 is 1.75 bits per heavy atom. The molecule has 0 unspecified atom stereocenters. The monoisotopic (exact) mass is 490 g/mol. The van der Waals surface area contributed by atoms with Gasteiger partial charge in [0.2, 0.25) is 5.95 Å². The van der Waals surface area contributed by atoms with Crippen LogP contribution >= 0.6 is 0 Å². The summed E-state index contributed by atoms with van der Waals surface area (Å²) < 4.78 is 1.91. The zero-order chi connectivity index (χ0) is 24.8. The van der Waals surface area contributed by atoms with Crippen LogP contribution in [0.15, 0.2) is 29.2 Å². The topological polar surface area (TPSA) is 86.5 Å². The Morgan fingerprint density at radius 1 is 1.00 bits per heavy atom. The Kier molecular flexibility index (Phi) is 6.33. The molecule has 0 atom stereocenters. The molecular formula is C28H38N6O2. The molecule has 3 fully saturated rings. The molecule has 1 aromatic carbocycles. The maximum Gasteiger partial charge on any atom is 0.260 e. The van der Waals surface area contributed by atoms with Crippen LogP contribution in [0, 0.1) is 5.92 Å². The van der Waals surface area contributed by atoms with E-state index in [1.165, 1.54) is 12.8 Å². The van der Waals surface area contributed by atoms with Crippen LogP contribution in [0.2, 0.25) is 0 Å². The van der Waals surface area contributed by atoms with E-state index in [-0.39, 0.29) is 17.7 Å². The summed E-state index contributed by atoms with van der Waals surface area (Å²) in [6, 6.07) is 6.90. The average Bonchev–Trinajstić information content (AvgIpc) is 3.73. The van der Waals surface area contributed by atoms with Crippen molar-refractivity contribution in [1.82, 2.24) is 19.4 Å². The second-order valence-corrected chi connectivity index (χ2v) is 11.2. The molecule has 2 aromatic heterocycles. The van der Waals surface area contributed by atoms with E-state index < -0.39 is 0 Å². The molecule has 8 heteroatoms. The number of aliphatic hydroxyl groups excluding tert-OH is 1. The van der Waals surface area contributed by atoms with Crippen LogP contribution in [0.25, 0.3) is 21.8 Å². The normalized spacial score (nSPS) is 23.6. The van der Waals surface area contributed by atoms with Crippen LogP contribution in [0.1, 0.15) is 58.4 Å². The van der Waals surface area contributed by atoms with Crippen molar-refractivity contribution in [2.45, 2.75) is 70.6 Å². The molecule has 3 aromatic rings. The number of anilines is 2. The van der Waals surface area contributed by atoms with Crippen molar-refractivity contribution in [1.29, 1.82) is 0 Å². The summed E-state index contributed by atoms with van der Waals surface area (Å²) >= 11 is 0. The highest BCUT2D eigenvalue weighted by atomic mass is 16.3. The number of hydrogen-bond donors (Lipinski definition) is 2. The summed E-state index contributed by atoms with van der Waals surface area (Å²) in [5.74, 6) is 1.31. The molecule has 36 heavy (non-hydrogen) atoms. The Labute approximate surface area is 212 Å². The van der Waals surface area contributed by atoms with Gasteiger partial charge in [-0.05, 0) is 75.8 Å². The Balaban J connectivity index is 1.42. The number of aliphatic hydroxyl groups is 1. The quantitative estimate of drug-likeness (QED) is 0.509. The first kappa shape index (κ1) is 23.7. The predicted octanol–water partition coefficient (Wildman–Crippen LogP) is 3.77. The molecule has 8 nitrogen and oxygen atoms in total. The van der Waals surface area contributed by atoms with Gasteiger partial charge in [0.25, 0.3) is 5.56 Å². The Bertz CT molecular complexity index is 1300. The molecule has 192 valence electrons. The zero-order valence-electron chi connectivity index (χ0n) is 21.5. The predicted molar refractivity (Wildman–Crippen MR) is 145 cm³/mol. The van der Waals surface area contributed by atoms with Crippen molar-refractivity contribution in [3.05, 3.63) is 34.7 Å². The number of piperazine rings is 1. The lowest BCUT2D eigenvalue weighted by atomic mass is 9.92. The number of fused-ring (bicyclic) bond motifs is 3. The lowest BCUT2D eigenvalue weighted by Crippen LogP contribution is -2.48. The zero-order valence-corrected chi connectivity index (χ0v) is 21.5. The minimum absolute atomic E-state index is 0.0217. The van der Waals surface area contributed by atoms with Gasteiger partial charge in [0.1, 0.15) is 5.65 Å². The number of aromatic nitrogens is 3. The smallest absolute Gasteiger partial charge is 0.260 e. The fraction of sp³-hybridized carbons (Fsp3) is 0.607. The number of nitrogens with one attached hydrogen (secondary N) is 1. The van der Waals surface area contributed by atoms with Gasteiger partial charge < -0.3 is 15.3 Å². The standard InChI is InChI=1S/C28H38N6O2/c1-18(2)32-11-13-33(14-12-32)21-7-10-23-24(15-21)27(36)34(20-5-8-22(35)9-6-20)26-25(23)17-30-28(31-26)29-16-19-3-4-19/h7,10,15,17-20,22,35H,3-6,8-9,11-14,16H2,1-2H3,(H,29,30,31)/t20-,22-. The maximum atomic E-state index is 14.1. The molecule has 2 aliphatic carbocycles. The molecule has 0 bridgehead atoms. The summed E-state index contributed by atoms with van der Waals surface area (Å²) in [5, 5.41) is 16.1. The number of pyridine rings is 1. The van der Waals surface area contributed by atoms with Gasteiger partial charge in [-0.3, -0.25) is 14.3 Å². The Hall–Kier alpha value is -2.71. The van der Waals surface area contributed by atoms with Crippen LogP contribution in [-0.4, -0.2) is 69.4 Å². The maximum absolute atomic E-state index is 14.1. The van der Waals surface area contributed by atoms with Gasteiger partial charge >= 0.3 is 0 Å². The van der Waals surface area contributed by atoms with Crippen LogP contribution in [0.3, 0.4) is 0 Å². The second-order valence-electron chi connectivity index (χ2n) is 11.2. The van der Waals surface area contributed by atoms with Gasteiger partial charge in [-0.1, -0.05) is 6.07 Å². The average molecular weight is 491 g/mol. The van der Waals surface area contributed by atoms with Crippen LogP contribution in [-0.2, 0) is 0 Å². The first-order valence-corrected chi connectivity index (χ1v) is 13.7. The summed E-state index contributed by atoms with van der Waals surface area (Å²) in [4.78, 5) is 28.5. The Morgan fingerprint density at radius 3 is 2.44 bits per heavy atom. The van der Waals surface area contributed by atoms with Crippen molar-refractivity contribution in [2.75, 3.05) is 42.9 Å². The summed E-state index contributed by atoms with van der Waals surface area (Å²) in [5.41, 5.74) is 1.84. The van der Waals surface area contributed by atoms with Gasteiger partial charge in [-0.2, -0.15) is 4.98 Å². The highest BCUT2D eigenvalue weighted by Crippen LogP contribution is 2.33. The minimum Gasteiger partial charge on any atom is -0.393 e. The van der Waals surface area contributed by atoms with E-state index in [2.05, 4.69) is 52.1 Å².